The maximum Gasteiger partial charge on any atom is 0.0292 e. The van der Waals surface area contributed by atoms with Crippen molar-refractivity contribution in [1.29, 1.82) is 0 Å². The third-order valence-electron chi connectivity index (χ3n) is 2.65. The minimum atomic E-state index is 0.440. The van der Waals surface area contributed by atoms with Crippen LogP contribution in [0.1, 0.15) is 38.3 Å². The summed E-state index contributed by atoms with van der Waals surface area (Å²) in [5.74, 6) is 1.11. The second-order valence-corrected chi connectivity index (χ2v) is 5.34. The van der Waals surface area contributed by atoms with E-state index >= 15 is 0 Å². The third kappa shape index (κ3) is 5.42. The van der Waals surface area contributed by atoms with Crippen LogP contribution in [0, 0.1) is 0 Å². The molecule has 0 aliphatic heterocycles. The molecule has 1 unspecified atom stereocenters. The lowest BCUT2D eigenvalue weighted by molar-refractivity contribution is 0.570. The summed E-state index contributed by atoms with van der Waals surface area (Å²) >= 11 is 1.90. The Morgan fingerprint density at radius 2 is 2.29 bits per heavy atom. The van der Waals surface area contributed by atoms with Crippen LogP contribution in [0.15, 0.2) is 41.8 Å². The van der Waals surface area contributed by atoms with Crippen molar-refractivity contribution in [1.82, 2.24) is 5.32 Å². The summed E-state index contributed by atoms with van der Waals surface area (Å²) in [6.07, 6.45) is 4.22. The molecule has 0 spiro atoms. The molecule has 0 amide bonds. The lowest BCUT2D eigenvalue weighted by Crippen LogP contribution is -2.19. The minimum absolute atomic E-state index is 0.440. The van der Waals surface area contributed by atoms with Gasteiger partial charge < -0.3 is 5.32 Å². The van der Waals surface area contributed by atoms with Gasteiger partial charge in [-0.2, -0.15) is 0 Å². The van der Waals surface area contributed by atoms with Gasteiger partial charge in [-0.25, -0.2) is 0 Å². The van der Waals surface area contributed by atoms with Crippen LogP contribution in [0.3, 0.4) is 0 Å². The highest BCUT2D eigenvalue weighted by atomic mass is 32.2. The van der Waals surface area contributed by atoms with Gasteiger partial charge >= 0.3 is 0 Å². The molecule has 1 rings (SSSR count). The van der Waals surface area contributed by atoms with E-state index < -0.39 is 0 Å². The zero-order chi connectivity index (χ0) is 12.5. The monoisotopic (exact) mass is 249 g/mol. The maximum absolute atomic E-state index is 3.75. The molecule has 1 atom stereocenters. The van der Waals surface area contributed by atoms with Gasteiger partial charge in [0, 0.05) is 16.7 Å². The Morgan fingerprint density at radius 1 is 1.47 bits per heavy atom. The Balaban J connectivity index is 2.55. The van der Waals surface area contributed by atoms with Crippen molar-refractivity contribution in [3.05, 3.63) is 42.5 Å². The van der Waals surface area contributed by atoms with E-state index in [2.05, 4.69) is 50.0 Å². The molecule has 17 heavy (non-hydrogen) atoms. The molecule has 0 heterocycles. The van der Waals surface area contributed by atoms with Gasteiger partial charge in [0.2, 0.25) is 0 Å². The van der Waals surface area contributed by atoms with Crippen molar-refractivity contribution in [3.63, 3.8) is 0 Å². The molecule has 0 saturated carbocycles. The van der Waals surface area contributed by atoms with Gasteiger partial charge in [0.1, 0.15) is 0 Å². The van der Waals surface area contributed by atoms with Gasteiger partial charge in [-0.1, -0.05) is 25.1 Å². The molecule has 0 fully saturated rings. The molecular weight excluding hydrogens is 226 g/mol. The lowest BCUT2D eigenvalue weighted by Gasteiger charge is -2.14. The summed E-state index contributed by atoms with van der Waals surface area (Å²) in [4.78, 5) is 1.36. The second-order valence-electron chi connectivity index (χ2n) is 4.17. The van der Waals surface area contributed by atoms with Crippen molar-refractivity contribution in [3.8, 4) is 0 Å². The Labute approximate surface area is 110 Å². The van der Waals surface area contributed by atoms with Crippen LogP contribution in [0.5, 0.6) is 0 Å². The van der Waals surface area contributed by atoms with Crippen LogP contribution < -0.4 is 5.32 Å². The highest BCUT2D eigenvalue weighted by Gasteiger charge is 2.04. The minimum Gasteiger partial charge on any atom is -0.310 e. The molecule has 0 aliphatic rings. The summed E-state index contributed by atoms with van der Waals surface area (Å²) in [6.45, 7) is 9.25. The highest BCUT2D eigenvalue weighted by Crippen LogP contribution is 2.23. The summed E-state index contributed by atoms with van der Waals surface area (Å²) in [6, 6.07) is 9.26. The Hall–Kier alpha value is -0.730. The first-order valence-electron chi connectivity index (χ1n) is 6.35. The van der Waals surface area contributed by atoms with E-state index in [9.17, 15) is 0 Å². The largest absolute Gasteiger partial charge is 0.310 e. The van der Waals surface area contributed by atoms with Crippen LogP contribution in [0.25, 0.3) is 0 Å². The van der Waals surface area contributed by atoms with E-state index in [1.165, 1.54) is 16.9 Å². The zero-order valence-corrected chi connectivity index (χ0v) is 11.7. The average Bonchev–Trinajstić information content (AvgIpc) is 2.36. The quantitative estimate of drug-likeness (QED) is 0.416. The molecule has 2 heteroatoms. The summed E-state index contributed by atoms with van der Waals surface area (Å²) in [7, 11) is 0. The predicted octanol–water partition coefficient (Wildman–Crippen LogP) is 4.42. The fraction of sp³-hybridized carbons (Fsp3) is 0.467. The number of hydrogen-bond acceptors (Lipinski definition) is 2. The van der Waals surface area contributed by atoms with E-state index in [-0.39, 0.29) is 0 Å². The van der Waals surface area contributed by atoms with E-state index in [0.29, 0.717) is 6.04 Å². The van der Waals surface area contributed by atoms with Crippen molar-refractivity contribution in [2.24, 2.45) is 0 Å². The molecule has 1 N–H and O–H groups in total. The Morgan fingerprint density at radius 3 is 3.00 bits per heavy atom. The standard InChI is InChI=1S/C15H23NS/c1-4-6-11-17-15-9-7-8-14(12-15)13(3)16-10-5-2/h4,7-9,12-13,16H,1,5-6,10-11H2,2-3H3. The van der Waals surface area contributed by atoms with Gasteiger partial charge in [-0.3, -0.25) is 0 Å². The molecule has 1 nitrogen and oxygen atoms in total. The number of nitrogens with one attached hydrogen (secondary N) is 1. The molecule has 0 aliphatic carbocycles. The first-order chi connectivity index (χ1) is 8.27. The number of thioether (sulfide) groups is 1. The zero-order valence-electron chi connectivity index (χ0n) is 10.9. The highest BCUT2D eigenvalue weighted by molar-refractivity contribution is 7.99. The Bertz CT molecular complexity index is 335. The fourth-order valence-electron chi connectivity index (χ4n) is 1.61. The molecule has 0 bridgehead atoms. The van der Waals surface area contributed by atoms with Gasteiger partial charge in [-0.05, 0) is 44.0 Å². The van der Waals surface area contributed by atoms with E-state index in [1.807, 2.05) is 17.8 Å². The van der Waals surface area contributed by atoms with Crippen LogP contribution in [-0.2, 0) is 0 Å². The van der Waals surface area contributed by atoms with Gasteiger partial charge in [0.15, 0.2) is 0 Å². The summed E-state index contributed by atoms with van der Waals surface area (Å²) < 4.78 is 0. The molecule has 0 aromatic heterocycles. The first-order valence-corrected chi connectivity index (χ1v) is 7.33. The molecule has 1 aromatic carbocycles. The number of hydrogen-bond donors (Lipinski definition) is 1. The van der Waals surface area contributed by atoms with Crippen molar-refractivity contribution >= 4 is 11.8 Å². The van der Waals surface area contributed by atoms with E-state index in [4.69, 9.17) is 0 Å². The second kappa shape index (κ2) is 8.37. The fourth-order valence-corrected chi connectivity index (χ4v) is 2.53. The predicted molar refractivity (Wildman–Crippen MR) is 78.7 cm³/mol. The van der Waals surface area contributed by atoms with Crippen LogP contribution in [-0.4, -0.2) is 12.3 Å². The maximum atomic E-state index is 3.75. The van der Waals surface area contributed by atoms with Crippen LogP contribution in [0.2, 0.25) is 0 Å². The smallest absolute Gasteiger partial charge is 0.0292 e. The van der Waals surface area contributed by atoms with E-state index in [0.717, 1.165) is 18.7 Å². The number of benzene rings is 1. The van der Waals surface area contributed by atoms with Crippen LogP contribution in [0.4, 0.5) is 0 Å². The molecule has 94 valence electrons. The normalized spacial score (nSPS) is 12.4. The van der Waals surface area contributed by atoms with E-state index in [1.54, 1.807) is 0 Å². The molecular formula is C15H23NS. The van der Waals surface area contributed by atoms with Crippen molar-refractivity contribution < 1.29 is 0 Å². The van der Waals surface area contributed by atoms with Gasteiger partial charge in [0.05, 0.1) is 0 Å². The van der Waals surface area contributed by atoms with Gasteiger partial charge in [0.25, 0.3) is 0 Å². The van der Waals surface area contributed by atoms with Gasteiger partial charge in [-0.15, -0.1) is 18.3 Å². The summed E-state index contributed by atoms with van der Waals surface area (Å²) in [5.41, 5.74) is 1.38. The topological polar surface area (TPSA) is 12.0 Å². The lowest BCUT2D eigenvalue weighted by atomic mass is 10.1. The third-order valence-corrected chi connectivity index (χ3v) is 3.68. The summed E-state index contributed by atoms with van der Waals surface area (Å²) in [5, 5.41) is 3.52. The number of rotatable bonds is 8. The first kappa shape index (κ1) is 14.3. The average molecular weight is 249 g/mol. The van der Waals surface area contributed by atoms with Crippen molar-refractivity contribution in [2.75, 3.05) is 12.3 Å². The number of allylic oxidation sites excluding steroid dienone is 1. The molecule has 0 radical (unpaired) electrons. The Kier molecular flexibility index (Phi) is 7.06. The molecule has 0 saturated heterocycles. The molecule has 1 aromatic rings. The van der Waals surface area contributed by atoms with Crippen molar-refractivity contribution in [2.45, 2.75) is 37.6 Å². The SMILES string of the molecule is C=CCCSc1cccc(C(C)NCCC)c1. The van der Waals surface area contributed by atoms with Crippen LogP contribution >= 0.6 is 11.8 Å².